The number of nitrogens with one attached hydrogen (secondary N) is 3. The predicted octanol–water partition coefficient (Wildman–Crippen LogP) is 0.297. The normalized spacial score (nSPS) is 15.7. The van der Waals surface area contributed by atoms with Gasteiger partial charge in [-0.05, 0) is 27.2 Å². The summed E-state index contributed by atoms with van der Waals surface area (Å²) >= 11 is 0. The van der Waals surface area contributed by atoms with E-state index in [1.165, 1.54) is 0 Å². The van der Waals surface area contributed by atoms with Crippen LogP contribution in [0.25, 0.3) is 0 Å². The summed E-state index contributed by atoms with van der Waals surface area (Å²) in [4.78, 5) is 29.1. The molecule has 132 valence electrons. The Morgan fingerprint density at radius 2 is 1.91 bits per heavy atom. The van der Waals surface area contributed by atoms with Crippen LogP contribution >= 0.6 is 0 Å². The Morgan fingerprint density at radius 1 is 1.26 bits per heavy atom. The summed E-state index contributed by atoms with van der Waals surface area (Å²) < 4.78 is 5.30. The Hall–Kier alpha value is -1.99. The number of likely N-dealkylation sites (tertiary alicyclic amines) is 1. The highest BCUT2D eigenvalue weighted by atomic mass is 16.6. The van der Waals surface area contributed by atoms with Gasteiger partial charge < -0.3 is 25.6 Å². The number of carbonyl (C=O) groups excluding carboxylic acids is 2. The van der Waals surface area contributed by atoms with Gasteiger partial charge in [0.15, 0.2) is 5.96 Å². The van der Waals surface area contributed by atoms with Crippen LogP contribution in [0, 0.1) is 0 Å². The van der Waals surface area contributed by atoms with Crippen molar-refractivity contribution in [2.45, 2.75) is 45.8 Å². The molecule has 0 bridgehead atoms. The van der Waals surface area contributed by atoms with E-state index in [0.29, 0.717) is 25.6 Å². The molecule has 0 aromatic rings. The largest absolute Gasteiger partial charge is 0.444 e. The highest BCUT2D eigenvalue weighted by Crippen LogP contribution is 2.14. The number of ether oxygens (including phenoxy) is 1. The molecule has 0 unspecified atom stereocenters. The molecule has 0 radical (unpaired) electrons. The average molecular weight is 327 g/mol. The van der Waals surface area contributed by atoms with Gasteiger partial charge in [-0.1, -0.05) is 6.92 Å². The molecule has 1 fully saturated rings. The molecule has 1 saturated heterocycles. The van der Waals surface area contributed by atoms with Gasteiger partial charge >= 0.3 is 6.09 Å². The monoisotopic (exact) mass is 327 g/mol. The SMILES string of the molecule is CCCNC(=O)CNC(=NC)NC1CN(C(=O)OC(C)(C)C)C1. The van der Waals surface area contributed by atoms with E-state index in [9.17, 15) is 9.59 Å². The van der Waals surface area contributed by atoms with Crippen LogP contribution < -0.4 is 16.0 Å². The van der Waals surface area contributed by atoms with Crippen LogP contribution in [0.3, 0.4) is 0 Å². The van der Waals surface area contributed by atoms with E-state index in [1.54, 1.807) is 11.9 Å². The Morgan fingerprint density at radius 3 is 2.43 bits per heavy atom. The van der Waals surface area contributed by atoms with E-state index in [2.05, 4.69) is 20.9 Å². The van der Waals surface area contributed by atoms with Crippen molar-refractivity contribution in [2.75, 3.05) is 33.2 Å². The Kier molecular flexibility index (Phi) is 7.12. The number of amides is 2. The fourth-order valence-electron chi connectivity index (χ4n) is 1.92. The van der Waals surface area contributed by atoms with Gasteiger partial charge in [0.05, 0.1) is 12.6 Å². The predicted molar refractivity (Wildman–Crippen MR) is 89.4 cm³/mol. The number of carbonyl (C=O) groups is 2. The first-order chi connectivity index (χ1) is 10.7. The third-order valence-corrected chi connectivity index (χ3v) is 3.09. The number of nitrogens with zero attached hydrogens (tertiary/aromatic N) is 2. The molecule has 2 amide bonds. The summed E-state index contributed by atoms with van der Waals surface area (Å²) in [6.07, 6.45) is 0.596. The van der Waals surface area contributed by atoms with Gasteiger partial charge in [-0.25, -0.2) is 4.79 Å². The number of hydrogen-bond donors (Lipinski definition) is 3. The van der Waals surface area contributed by atoms with Crippen molar-refractivity contribution in [3.05, 3.63) is 0 Å². The van der Waals surface area contributed by atoms with Gasteiger partial charge in [-0.15, -0.1) is 0 Å². The highest BCUT2D eigenvalue weighted by molar-refractivity contribution is 5.86. The van der Waals surface area contributed by atoms with Gasteiger partial charge in [0.25, 0.3) is 0 Å². The smallest absolute Gasteiger partial charge is 0.410 e. The molecular formula is C15H29N5O3. The van der Waals surface area contributed by atoms with Crippen LogP contribution in [0.4, 0.5) is 4.79 Å². The van der Waals surface area contributed by atoms with E-state index in [1.807, 2.05) is 27.7 Å². The quantitative estimate of drug-likeness (QED) is 0.498. The minimum Gasteiger partial charge on any atom is -0.444 e. The highest BCUT2D eigenvalue weighted by Gasteiger charge is 2.34. The second kappa shape index (κ2) is 8.59. The zero-order chi connectivity index (χ0) is 17.5. The molecule has 0 aromatic heterocycles. The number of rotatable bonds is 5. The average Bonchev–Trinajstić information content (AvgIpc) is 2.40. The fraction of sp³-hybridized carbons (Fsp3) is 0.800. The van der Waals surface area contributed by atoms with Crippen molar-refractivity contribution in [2.24, 2.45) is 4.99 Å². The van der Waals surface area contributed by atoms with E-state index in [0.717, 1.165) is 6.42 Å². The molecule has 0 spiro atoms. The topological polar surface area (TPSA) is 95.1 Å². The van der Waals surface area contributed by atoms with Crippen molar-refractivity contribution >= 4 is 18.0 Å². The molecule has 23 heavy (non-hydrogen) atoms. The molecule has 0 aliphatic carbocycles. The van der Waals surface area contributed by atoms with Crippen molar-refractivity contribution in [1.29, 1.82) is 0 Å². The summed E-state index contributed by atoms with van der Waals surface area (Å²) in [5.41, 5.74) is -0.487. The van der Waals surface area contributed by atoms with E-state index in [4.69, 9.17) is 4.74 Å². The molecule has 0 atom stereocenters. The van der Waals surface area contributed by atoms with Crippen LogP contribution in [0.2, 0.25) is 0 Å². The molecule has 1 rings (SSSR count). The Balaban J connectivity index is 2.26. The second-order valence-corrected chi connectivity index (χ2v) is 6.50. The first-order valence-electron chi connectivity index (χ1n) is 7.97. The first-order valence-corrected chi connectivity index (χ1v) is 7.97. The molecule has 1 aliphatic rings. The third-order valence-electron chi connectivity index (χ3n) is 3.09. The van der Waals surface area contributed by atoms with Gasteiger partial charge in [0, 0.05) is 26.7 Å². The minimum atomic E-state index is -0.487. The van der Waals surface area contributed by atoms with Crippen LogP contribution in [0.15, 0.2) is 4.99 Å². The molecule has 0 aromatic carbocycles. The molecular weight excluding hydrogens is 298 g/mol. The van der Waals surface area contributed by atoms with E-state index >= 15 is 0 Å². The molecule has 0 saturated carbocycles. The van der Waals surface area contributed by atoms with Gasteiger partial charge in [-0.2, -0.15) is 0 Å². The maximum absolute atomic E-state index is 11.8. The molecule has 3 N–H and O–H groups in total. The lowest BCUT2D eigenvalue weighted by atomic mass is 10.1. The Bertz CT molecular complexity index is 439. The summed E-state index contributed by atoms with van der Waals surface area (Å²) in [7, 11) is 1.64. The number of guanidine groups is 1. The number of hydrogen-bond acceptors (Lipinski definition) is 4. The lowest BCUT2D eigenvalue weighted by Gasteiger charge is -2.40. The third kappa shape index (κ3) is 7.21. The Labute approximate surface area is 138 Å². The van der Waals surface area contributed by atoms with Crippen LogP contribution in [0.1, 0.15) is 34.1 Å². The molecule has 8 heteroatoms. The molecule has 8 nitrogen and oxygen atoms in total. The van der Waals surface area contributed by atoms with Crippen molar-refractivity contribution in [3.63, 3.8) is 0 Å². The molecule has 1 aliphatic heterocycles. The summed E-state index contributed by atoms with van der Waals surface area (Å²) in [6.45, 7) is 9.47. The zero-order valence-corrected chi connectivity index (χ0v) is 14.7. The summed E-state index contributed by atoms with van der Waals surface area (Å²) in [5, 5.41) is 8.91. The minimum absolute atomic E-state index is 0.0706. The van der Waals surface area contributed by atoms with Gasteiger partial charge in [0.2, 0.25) is 5.91 Å². The van der Waals surface area contributed by atoms with Crippen molar-refractivity contribution < 1.29 is 14.3 Å². The van der Waals surface area contributed by atoms with E-state index in [-0.39, 0.29) is 24.6 Å². The van der Waals surface area contributed by atoms with Crippen LogP contribution in [0.5, 0.6) is 0 Å². The van der Waals surface area contributed by atoms with Crippen LogP contribution in [-0.4, -0.2) is 67.7 Å². The van der Waals surface area contributed by atoms with Crippen molar-refractivity contribution in [3.8, 4) is 0 Å². The van der Waals surface area contributed by atoms with Crippen molar-refractivity contribution in [1.82, 2.24) is 20.9 Å². The molecule has 1 heterocycles. The van der Waals surface area contributed by atoms with Gasteiger partial charge in [-0.3, -0.25) is 9.79 Å². The maximum Gasteiger partial charge on any atom is 0.410 e. The lowest BCUT2D eigenvalue weighted by molar-refractivity contribution is -0.120. The van der Waals surface area contributed by atoms with E-state index < -0.39 is 5.60 Å². The fourth-order valence-corrected chi connectivity index (χ4v) is 1.92. The standard InChI is InChI=1S/C15H29N5O3/c1-6-7-17-12(21)8-18-13(16-5)19-11-9-20(10-11)14(22)23-15(2,3)4/h11H,6-10H2,1-5H3,(H,17,21)(H2,16,18,19). The first kappa shape index (κ1) is 19.1. The van der Waals surface area contributed by atoms with Gasteiger partial charge in [0.1, 0.15) is 5.60 Å². The lowest BCUT2D eigenvalue weighted by Crippen LogP contribution is -2.63. The maximum atomic E-state index is 11.8. The van der Waals surface area contributed by atoms with Crippen LogP contribution in [-0.2, 0) is 9.53 Å². The summed E-state index contributed by atoms with van der Waals surface area (Å²) in [6, 6.07) is 0.104. The zero-order valence-electron chi connectivity index (χ0n) is 14.7. The second-order valence-electron chi connectivity index (χ2n) is 6.50. The summed E-state index contributed by atoms with van der Waals surface area (Å²) in [5.74, 6) is 0.476. The number of aliphatic imine (C=N–C) groups is 1.